The van der Waals surface area contributed by atoms with Gasteiger partial charge in [0.1, 0.15) is 12.4 Å². The maximum Gasteiger partial charge on any atom is 0.300 e. The van der Waals surface area contributed by atoms with Crippen LogP contribution in [0.2, 0.25) is 0 Å². The van der Waals surface area contributed by atoms with Crippen LogP contribution in [0.3, 0.4) is 0 Å². The van der Waals surface area contributed by atoms with Crippen molar-refractivity contribution in [1.82, 2.24) is 9.88 Å². The van der Waals surface area contributed by atoms with E-state index in [4.69, 9.17) is 19.4 Å². The maximum atomic E-state index is 12.7. The van der Waals surface area contributed by atoms with E-state index in [1.807, 2.05) is 24.3 Å². The zero-order valence-electron chi connectivity index (χ0n) is 22.5. The van der Waals surface area contributed by atoms with E-state index in [2.05, 4.69) is 55.2 Å². The van der Waals surface area contributed by atoms with Gasteiger partial charge >= 0.3 is 0 Å². The summed E-state index contributed by atoms with van der Waals surface area (Å²) in [6.07, 6.45) is 2.31. The molecule has 2 heterocycles. The van der Waals surface area contributed by atoms with Crippen molar-refractivity contribution < 1.29 is 24.2 Å². The van der Waals surface area contributed by atoms with Gasteiger partial charge in [-0.3, -0.25) is 9.59 Å². The number of nitrogens with one attached hydrogen (secondary N) is 2. The highest BCUT2D eigenvalue weighted by molar-refractivity contribution is 6.05. The molecule has 0 radical (unpaired) electrons. The van der Waals surface area contributed by atoms with Gasteiger partial charge in [-0.15, -0.1) is 0 Å². The molecule has 0 spiro atoms. The zero-order valence-corrected chi connectivity index (χ0v) is 22.5. The Balaban J connectivity index is 0.000000886. The summed E-state index contributed by atoms with van der Waals surface area (Å²) in [6.45, 7) is 10.9. The minimum Gasteiger partial charge on any atom is -0.491 e. The van der Waals surface area contributed by atoms with Gasteiger partial charge in [0.2, 0.25) is 0 Å². The van der Waals surface area contributed by atoms with E-state index in [9.17, 15) is 4.79 Å². The molecule has 3 N–H and O–H groups in total. The number of anilines is 1. The van der Waals surface area contributed by atoms with E-state index >= 15 is 0 Å². The molecule has 2 aromatic carbocycles. The third-order valence-corrected chi connectivity index (χ3v) is 5.94. The van der Waals surface area contributed by atoms with Gasteiger partial charge in [-0.2, -0.15) is 0 Å². The number of aryl methyl sites for hydroxylation is 1. The predicted octanol–water partition coefficient (Wildman–Crippen LogP) is 5.22. The second-order valence-electron chi connectivity index (χ2n) is 10.6. The zero-order chi connectivity index (χ0) is 27.0. The van der Waals surface area contributed by atoms with Crippen LogP contribution in [0.15, 0.2) is 48.5 Å². The Morgan fingerprint density at radius 3 is 2.46 bits per heavy atom. The van der Waals surface area contributed by atoms with Crippen LogP contribution in [0.5, 0.6) is 5.75 Å². The maximum absolute atomic E-state index is 12.7. The fourth-order valence-corrected chi connectivity index (χ4v) is 4.09. The quantitative estimate of drug-likeness (QED) is 0.385. The summed E-state index contributed by atoms with van der Waals surface area (Å²) in [6, 6.07) is 15.5. The summed E-state index contributed by atoms with van der Waals surface area (Å²) in [5.74, 6) is -0.219. The molecule has 4 rings (SSSR count). The van der Waals surface area contributed by atoms with Crippen LogP contribution in [0.1, 0.15) is 56.6 Å². The summed E-state index contributed by atoms with van der Waals surface area (Å²) in [5, 5.41) is 15.1. The van der Waals surface area contributed by atoms with Gasteiger partial charge in [-0.1, -0.05) is 20.8 Å². The Labute approximate surface area is 219 Å². The summed E-state index contributed by atoms with van der Waals surface area (Å²) < 4.78 is 13.6. The molecule has 37 heavy (non-hydrogen) atoms. The van der Waals surface area contributed by atoms with E-state index in [-0.39, 0.29) is 17.4 Å². The second kappa shape index (κ2) is 12.7. The number of benzene rings is 2. The van der Waals surface area contributed by atoms with E-state index in [0.29, 0.717) is 12.2 Å². The van der Waals surface area contributed by atoms with Gasteiger partial charge in [0.05, 0.1) is 6.10 Å². The molecule has 0 aliphatic carbocycles. The van der Waals surface area contributed by atoms with Crippen LogP contribution in [-0.2, 0) is 23.1 Å². The van der Waals surface area contributed by atoms with Crippen molar-refractivity contribution in [2.45, 2.75) is 53.2 Å². The Kier molecular flexibility index (Phi) is 9.72. The van der Waals surface area contributed by atoms with Crippen LogP contribution >= 0.6 is 0 Å². The van der Waals surface area contributed by atoms with Gasteiger partial charge in [0.15, 0.2) is 0 Å². The first-order valence-electron chi connectivity index (χ1n) is 12.7. The molecule has 1 aliphatic rings. The van der Waals surface area contributed by atoms with Crippen molar-refractivity contribution in [1.29, 1.82) is 0 Å². The van der Waals surface area contributed by atoms with Crippen LogP contribution < -0.4 is 15.4 Å². The Morgan fingerprint density at radius 2 is 1.84 bits per heavy atom. The molecule has 200 valence electrons. The van der Waals surface area contributed by atoms with Gasteiger partial charge in [-0.25, -0.2) is 0 Å². The van der Waals surface area contributed by atoms with Crippen molar-refractivity contribution in [3.8, 4) is 5.75 Å². The SMILES string of the molecule is CC(=O)O.Cn1c(CNCC(C)(C)C)cc2cc(NC(=O)c3ccc(OCC4CCCO4)cc3)ccc21. The summed E-state index contributed by atoms with van der Waals surface area (Å²) in [4.78, 5) is 21.7. The molecule has 8 heteroatoms. The number of carbonyl (C=O) groups excluding carboxylic acids is 1. The third kappa shape index (κ3) is 8.91. The molecule has 1 aliphatic heterocycles. The number of hydrogen-bond acceptors (Lipinski definition) is 5. The standard InChI is InChI=1S/C27H35N3O3.C2H4O2/c1-27(2,3)18-28-16-22-15-20-14-21(9-12-25(20)30(22)4)29-26(31)19-7-10-23(11-8-19)33-17-24-6-5-13-32-24;1-2(3)4/h7-12,14-15,24,28H,5-6,13,16-18H2,1-4H3,(H,29,31);1H3,(H,3,4). The number of carbonyl (C=O) groups is 2. The normalized spacial score (nSPS) is 15.2. The predicted molar refractivity (Wildman–Crippen MR) is 146 cm³/mol. The fraction of sp³-hybridized carbons (Fsp3) is 0.448. The number of ether oxygens (including phenoxy) is 2. The highest BCUT2D eigenvalue weighted by Gasteiger charge is 2.16. The molecular weight excluding hydrogens is 470 g/mol. The van der Waals surface area contributed by atoms with Crippen molar-refractivity contribution in [3.05, 3.63) is 59.8 Å². The van der Waals surface area contributed by atoms with E-state index in [1.54, 1.807) is 12.1 Å². The average Bonchev–Trinajstić information content (AvgIpc) is 3.45. The van der Waals surface area contributed by atoms with Gasteiger partial charge in [0, 0.05) is 61.5 Å². The van der Waals surface area contributed by atoms with Crippen LogP contribution in [0.4, 0.5) is 5.69 Å². The van der Waals surface area contributed by atoms with Gasteiger partial charge in [0.25, 0.3) is 11.9 Å². The summed E-state index contributed by atoms with van der Waals surface area (Å²) >= 11 is 0. The molecule has 1 fully saturated rings. The minimum absolute atomic E-state index is 0.136. The number of rotatable bonds is 8. The number of nitrogens with zero attached hydrogens (tertiary/aromatic N) is 1. The topological polar surface area (TPSA) is 102 Å². The van der Waals surface area contributed by atoms with Crippen molar-refractivity contribution in [2.24, 2.45) is 12.5 Å². The molecule has 0 saturated carbocycles. The molecule has 8 nitrogen and oxygen atoms in total. The highest BCUT2D eigenvalue weighted by Crippen LogP contribution is 2.24. The van der Waals surface area contributed by atoms with Crippen LogP contribution in [-0.4, -0.2) is 47.4 Å². The highest BCUT2D eigenvalue weighted by atomic mass is 16.5. The molecule has 1 saturated heterocycles. The largest absolute Gasteiger partial charge is 0.491 e. The number of carboxylic acid groups (broad SMARTS) is 1. The molecule has 3 aromatic rings. The molecule has 1 amide bonds. The number of aromatic nitrogens is 1. The number of carboxylic acids is 1. The summed E-state index contributed by atoms with van der Waals surface area (Å²) in [5.41, 5.74) is 3.99. The lowest BCUT2D eigenvalue weighted by Gasteiger charge is -2.18. The molecule has 1 aromatic heterocycles. The molecule has 1 unspecified atom stereocenters. The van der Waals surface area contributed by atoms with Gasteiger partial charge < -0.3 is 29.8 Å². The Morgan fingerprint density at radius 1 is 1.14 bits per heavy atom. The first-order chi connectivity index (χ1) is 17.5. The average molecular weight is 510 g/mol. The van der Waals surface area contributed by atoms with Crippen molar-refractivity contribution in [2.75, 3.05) is 25.1 Å². The summed E-state index contributed by atoms with van der Waals surface area (Å²) in [7, 11) is 2.08. The van der Waals surface area contributed by atoms with Gasteiger partial charge in [-0.05, 0) is 66.8 Å². The van der Waals surface area contributed by atoms with E-state index in [0.717, 1.165) is 61.8 Å². The minimum atomic E-state index is -0.833. The molecule has 1 atom stereocenters. The van der Waals surface area contributed by atoms with Crippen molar-refractivity contribution in [3.63, 3.8) is 0 Å². The lowest BCUT2D eigenvalue weighted by Crippen LogP contribution is -2.27. The lowest BCUT2D eigenvalue weighted by molar-refractivity contribution is -0.134. The smallest absolute Gasteiger partial charge is 0.300 e. The fourth-order valence-electron chi connectivity index (χ4n) is 4.09. The van der Waals surface area contributed by atoms with E-state index in [1.165, 1.54) is 5.69 Å². The number of fused-ring (bicyclic) bond motifs is 1. The molecule has 0 bridgehead atoms. The first kappa shape index (κ1) is 28.2. The van der Waals surface area contributed by atoms with Crippen LogP contribution in [0, 0.1) is 5.41 Å². The first-order valence-corrected chi connectivity index (χ1v) is 12.7. The number of hydrogen-bond donors (Lipinski definition) is 3. The number of amides is 1. The molecular formula is C29H39N3O5. The second-order valence-corrected chi connectivity index (χ2v) is 10.6. The van der Waals surface area contributed by atoms with Crippen LogP contribution in [0.25, 0.3) is 10.9 Å². The monoisotopic (exact) mass is 509 g/mol. The van der Waals surface area contributed by atoms with Crippen molar-refractivity contribution >= 4 is 28.5 Å². The number of aliphatic carboxylic acids is 1. The third-order valence-electron chi connectivity index (χ3n) is 5.94. The Bertz CT molecular complexity index is 1180. The lowest BCUT2D eigenvalue weighted by atomic mass is 9.97. The van der Waals surface area contributed by atoms with E-state index < -0.39 is 5.97 Å². The Hall–Kier alpha value is -3.36.